The lowest BCUT2D eigenvalue weighted by Crippen LogP contribution is -2.34. The third kappa shape index (κ3) is 7.21. The van der Waals surface area contributed by atoms with Gasteiger partial charge in [-0.25, -0.2) is 23.0 Å². The van der Waals surface area contributed by atoms with Gasteiger partial charge in [-0.3, -0.25) is 4.31 Å². The minimum atomic E-state index is -3.65. The number of anilines is 3. The molecule has 1 aliphatic rings. The van der Waals surface area contributed by atoms with E-state index in [1.807, 2.05) is 18.7 Å². The van der Waals surface area contributed by atoms with E-state index in [-0.39, 0.29) is 17.9 Å². The van der Waals surface area contributed by atoms with Crippen LogP contribution in [0, 0.1) is 0 Å². The molecule has 2 aromatic rings. The van der Waals surface area contributed by atoms with Gasteiger partial charge < -0.3 is 25.0 Å². The van der Waals surface area contributed by atoms with Gasteiger partial charge in [0.25, 0.3) is 0 Å². The highest BCUT2D eigenvalue weighted by atomic mass is 32.2. The average molecular weight is 535 g/mol. The molecule has 0 radical (unpaired) electrons. The number of nitrogens with one attached hydrogen (secondary N) is 1. The van der Waals surface area contributed by atoms with Crippen LogP contribution in [0.3, 0.4) is 0 Å². The number of amides is 1. The number of hydrogen-bond acceptors (Lipinski definition) is 9. The first-order valence-corrected chi connectivity index (χ1v) is 14.0. The van der Waals surface area contributed by atoms with Gasteiger partial charge in [0.05, 0.1) is 12.5 Å². The number of sulfonamides is 1. The van der Waals surface area contributed by atoms with Crippen LogP contribution in [-0.4, -0.2) is 86.0 Å². The number of ether oxygens (including phenoxy) is 1. The number of aromatic nitrogens is 2. The van der Waals surface area contributed by atoms with Crippen LogP contribution < -0.4 is 19.3 Å². The lowest BCUT2D eigenvalue weighted by atomic mass is 10.1. The summed E-state index contributed by atoms with van der Waals surface area (Å²) in [5, 5.41) is 12.8. The molecule has 3 rings (SSSR count). The highest BCUT2D eigenvalue weighted by molar-refractivity contribution is 7.92. The minimum absolute atomic E-state index is 0.0717. The zero-order chi connectivity index (χ0) is 27.2. The predicted octanol–water partition coefficient (Wildman–Crippen LogP) is 2.42. The molecule has 1 amide bonds. The van der Waals surface area contributed by atoms with Gasteiger partial charge >= 0.3 is 12.1 Å². The molecule has 1 fully saturated rings. The van der Waals surface area contributed by atoms with E-state index in [0.29, 0.717) is 43.4 Å². The summed E-state index contributed by atoms with van der Waals surface area (Å²) in [6, 6.07) is 5.50. The number of hydrogen-bond donors (Lipinski definition) is 2. The van der Waals surface area contributed by atoms with Crippen molar-refractivity contribution in [2.75, 3.05) is 54.0 Å². The summed E-state index contributed by atoms with van der Waals surface area (Å²) in [6.45, 7) is 6.46. The van der Waals surface area contributed by atoms with Crippen molar-refractivity contribution < 1.29 is 27.9 Å². The number of benzene rings is 1. The Balaban J connectivity index is 1.82. The van der Waals surface area contributed by atoms with E-state index in [2.05, 4.69) is 15.3 Å². The van der Waals surface area contributed by atoms with Crippen LogP contribution in [0.5, 0.6) is 5.75 Å². The van der Waals surface area contributed by atoms with Gasteiger partial charge in [0.15, 0.2) is 5.82 Å². The van der Waals surface area contributed by atoms with Crippen LogP contribution >= 0.6 is 0 Å². The third-order valence-electron chi connectivity index (χ3n) is 6.18. The Bertz CT molecular complexity index is 1200. The quantitative estimate of drug-likeness (QED) is 0.441. The summed E-state index contributed by atoms with van der Waals surface area (Å²) in [4.78, 5) is 36.6. The Morgan fingerprint density at radius 2 is 1.78 bits per heavy atom. The van der Waals surface area contributed by atoms with Gasteiger partial charge in [-0.1, -0.05) is 12.1 Å². The largest absolute Gasteiger partial charge is 0.480 e. The maximum atomic E-state index is 12.2. The summed E-state index contributed by atoms with van der Waals surface area (Å²) in [7, 11) is -2.30. The van der Waals surface area contributed by atoms with E-state index in [4.69, 9.17) is 4.74 Å². The summed E-state index contributed by atoms with van der Waals surface area (Å²) in [5.74, 6) is -0.322. The van der Waals surface area contributed by atoms with E-state index in [0.717, 1.165) is 23.4 Å². The first-order valence-electron chi connectivity index (χ1n) is 12.1. The Morgan fingerprint density at radius 3 is 2.32 bits per heavy atom. The summed E-state index contributed by atoms with van der Waals surface area (Å²) < 4.78 is 30.8. The molecule has 0 spiro atoms. The maximum Gasteiger partial charge on any atom is 0.415 e. The van der Waals surface area contributed by atoms with Crippen molar-refractivity contribution in [2.45, 2.75) is 39.2 Å². The first-order chi connectivity index (χ1) is 17.5. The number of carboxylic acids is 1. The molecule has 12 nitrogen and oxygen atoms in total. The Kier molecular flexibility index (Phi) is 9.14. The van der Waals surface area contributed by atoms with E-state index in [1.54, 1.807) is 29.2 Å². The molecule has 1 saturated heterocycles. The molecule has 1 aromatic heterocycles. The van der Waals surface area contributed by atoms with Crippen LogP contribution in [0.25, 0.3) is 0 Å². The van der Waals surface area contributed by atoms with Crippen molar-refractivity contribution in [1.82, 2.24) is 14.9 Å². The summed E-state index contributed by atoms with van der Waals surface area (Å²) in [6.07, 6.45) is 4.01. The van der Waals surface area contributed by atoms with Gasteiger partial charge in [-0.15, -0.1) is 0 Å². The molecule has 0 bridgehead atoms. The summed E-state index contributed by atoms with van der Waals surface area (Å²) >= 11 is 0. The molecule has 0 aliphatic carbocycles. The Morgan fingerprint density at radius 1 is 1.16 bits per heavy atom. The van der Waals surface area contributed by atoms with E-state index in [9.17, 15) is 23.1 Å². The van der Waals surface area contributed by atoms with Crippen LogP contribution in [-0.2, 0) is 21.2 Å². The SMILES string of the molecule is CCN(CC)c1ncc(N(C)S(C)(=O)=O)c(NC(Cc2ccc(OC(=O)N3CCCC3)cc2)C(=O)O)n1. The maximum absolute atomic E-state index is 12.2. The highest BCUT2D eigenvalue weighted by Crippen LogP contribution is 2.27. The number of aliphatic carboxylic acids is 1. The topological polar surface area (TPSA) is 145 Å². The van der Waals surface area contributed by atoms with Gasteiger partial charge in [-0.2, -0.15) is 4.98 Å². The van der Waals surface area contributed by atoms with Gasteiger partial charge in [0.1, 0.15) is 17.5 Å². The molecular weight excluding hydrogens is 500 g/mol. The minimum Gasteiger partial charge on any atom is -0.480 e. The van der Waals surface area contributed by atoms with E-state index >= 15 is 0 Å². The molecule has 1 aliphatic heterocycles. The number of carbonyl (C=O) groups excluding carboxylic acids is 1. The standard InChI is InChI=1S/C24H34N6O6S/c1-5-29(6-2)23-25-16-20(28(3)37(4,34)35)21(27-23)26-19(22(31)32)15-17-9-11-18(12-10-17)36-24(33)30-13-7-8-14-30/h9-12,16,19H,5-8,13-15H2,1-4H3,(H,31,32)(H,25,26,27). The van der Waals surface area contributed by atoms with Crippen molar-refractivity contribution in [2.24, 2.45) is 0 Å². The van der Waals surface area contributed by atoms with Crippen LogP contribution in [0.15, 0.2) is 30.5 Å². The molecule has 1 unspecified atom stereocenters. The van der Waals surface area contributed by atoms with Crippen molar-refractivity contribution >= 4 is 39.5 Å². The van der Waals surface area contributed by atoms with Crippen LogP contribution in [0.4, 0.5) is 22.2 Å². The first kappa shape index (κ1) is 28.0. The van der Waals surface area contributed by atoms with Crippen LogP contribution in [0.1, 0.15) is 32.3 Å². The third-order valence-corrected chi connectivity index (χ3v) is 7.37. The fraction of sp³-hybridized carbons (Fsp3) is 0.500. The molecule has 202 valence electrons. The fourth-order valence-electron chi connectivity index (χ4n) is 3.90. The van der Waals surface area contributed by atoms with Crippen molar-refractivity contribution in [3.05, 3.63) is 36.0 Å². The second kappa shape index (κ2) is 12.1. The second-order valence-electron chi connectivity index (χ2n) is 8.75. The lowest BCUT2D eigenvalue weighted by Gasteiger charge is -2.25. The molecule has 13 heteroatoms. The van der Waals surface area contributed by atoms with Crippen molar-refractivity contribution in [3.8, 4) is 5.75 Å². The molecule has 37 heavy (non-hydrogen) atoms. The zero-order valence-electron chi connectivity index (χ0n) is 21.5. The highest BCUT2D eigenvalue weighted by Gasteiger charge is 2.25. The fourth-order valence-corrected chi connectivity index (χ4v) is 4.39. The molecule has 2 N–H and O–H groups in total. The smallest absolute Gasteiger partial charge is 0.415 e. The second-order valence-corrected chi connectivity index (χ2v) is 10.8. The monoisotopic (exact) mass is 534 g/mol. The van der Waals surface area contributed by atoms with Gasteiger partial charge in [0.2, 0.25) is 16.0 Å². The molecule has 1 aromatic carbocycles. The molecule has 0 saturated carbocycles. The summed E-state index contributed by atoms with van der Waals surface area (Å²) in [5.41, 5.74) is 0.811. The molecule has 2 heterocycles. The number of rotatable bonds is 11. The normalized spacial score (nSPS) is 14.2. The van der Waals surface area contributed by atoms with Crippen LogP contribution in [0.2, 0.25) is 0 Å². The lowest BCUT2D eigenvalue weighted by molar-refractivity contribution is -0.137. The Hall–Kier alpha value is -3.61. The van der Waals surface area contributed by atoms with Gasteiger partial charge in [-0.05, 0) is 44.4 Å². The molecular formula is C24H34N6O6S. The van der Waals surface area contributed by atoms with Gasteiger partial charge in [0, 0.05) is 39.6 Å². The number of likely N-dealkylation sites (tertiary alicyclic amines) is 1. The molecule has 1 atom stereocenters. The van der Waals surface area contributed by atoms with E-state index in [1.165, 1.54) is 13.2 Å². The zero-order valence-corrected chi connectivity index (χ0v) is 22.4. The number of carbonyl (C=O) groups is 2. The van der Waals surface area contributed by atoms with Crippen molar-refractivity contribution in [1.29, 1.82) is 0 Å². The number of carboxylic acid groups (broad SMARTS) is 1. The van der Waals surface area contributed by atoms with E-state index < -0.39 is 28.1 Å². The number of nitrogens with zero attached hydrogens (tertiary/aromatic N) is 5. The average Bonchev–Trinajstić information content (AvgIpc) is 3.40. The Labute approximate surface area is 217 Å². The van der Waals surface area contributed by atoms with Crippen molar-refractivity contribution in [3.63, 3.8) is 0 Å². The predicted molar refractivity (Wildman–Crippen MR) is 141 cm³/mol.